The summed E-state index contributed by atoms with van der Waals surface area (Å²) in [7, 11) is 0. The zero-order valence-electron chi connectivity index (χ0n) is 48.3. The molecule has 0 aliphatic heterocycles. The summed E-state index contributed by atoms with van der Waals surface area (Å²) in [4.78, 5) is 38.2. The Morgan fingerprint density at radius 1 is 0.280 bits per heavy atom. The van der Waals surface area contributed by atoms with Crippen molar-refractivity contribution in [3.63, 3.8) is 0 Å². The van der Waals surface area contributed by atoms with Crippen molar-refractivity contribution < 1.29 is 28.6 Å². The van der Waals surface area contributed by atoms with Crippen LogP contribution in [0, 0.1) is 0 Å². The molecule has 0 heterocycles. The van der Waals surface area contributed by atoms with Gasteiger partial charge in [0.15, 0.2) is 6.10 Å². The van der Waals surface area contributed by atoms with E-state index in [2.05, 4.69) is 167 Å². The summed E-state index contributed by atoms with van der Waals surface area (Å²) in [5, 5.41) is 0. The molecule has 6 heteroatoms. The minimum Gasteiger partial charge on any atom is -0.462 e. The molecule has 0 rings (SSSR count). The van der Waals surface area contributed by atoms with Crippen LogP contribution in [-0.2, 0) is 28.6 Å². The number of allylic oxidation sites excluding steroid dienone is 24. The summed E-state index contributed by atoms with van der Waals surface area (Å²) in [5.74, 6) is -0.976. The number of carbonyl (C=O) groups excluding carboxylic acids is 3. The Hall–Kier alpha value is -4.71. The van der Waals surface area contributed by atoms with Crippen molar-refractivity contribution in [2.45, 2.75) is 258 Å². The Kier molecular flexibility index (Phi) is 58.0. The topological polar surface area (TPSA) is 78.9 Å². The first-order chi connectivity index (χ1) is 37.0. The predicted molar refractivity (Wildman–Crippen MR) is 325 cm³/mol. The quantitative estimate of drug-likeness (QED) is 0.0261. The maximum Gasteiger partial charge on any atom is 0.306 e. The molecule has 6 nitrogen and oxygen atoms in total. The zero-order chi connectivity index (χ0) is 54.3. The minimum absolute atomic E-state index is 0.109. The van der Waals surface area contributed by atoms with Gasteiger partial charge >= 0.3 is 17.9 Å². The van der Waals surface area contributed by atoms with Crippen molar-refractivity contribution in [3.05, 3.63) is 146 Å². The number of esters is 3. The molecule has 0 aromatic carbocycles. The minimum atomic E-state index is -0.816. The number of hydrogen-bond donors (Lipinski definition) is 0. The average molecular weight is 1040 g/mol. The van der Waals surface area contributed by atoms with Gasteiger partial charge in [-0.2, -0.15) is 0 Å². The molecule has 0 aromatic heterocycles. The van der Waals surface area contributed by atoms with Gasteiger partial charge in [0.2, 0.25) is 0 Å². The van der Waals surface area contributed by atoms with Crippen molar-refractivity contribution in [3.8, 4) is 0 Å². The maximum atomic E-state index is 12.9. The molecule has 0 spiro atoms. The van der Waals surface area contributed by atoms with Gasteiger partial charge < -0.3 is 14.2 Å². The Labute approximate surface area is 461 Å². The van der Waals surface area contributed by atoms with E-state index in [4.69, 9.17) is 14.2 Å². The molecule has 0 aliphatic rings. The molecule has 0 saturated heterocycles. The SMILES string of the molecule is CC/C=C\C/C=C\C/C=C\C/C=C\C/C=C\C/C=C\CCCCCCCCCCC(=O)OCC(COC(=O)CCCCCCC/C=C\C/C=C\CCCCC)OC(=O)CCCC/C=C\C/C=C\C/C=C\C/C=C\CC. The highest BCUT2D eigenvalue weighted by Gasteiger charge is 2.19. The monoisotopic (exact) mass is 1030 g/mol. The second-order valence-corrected chi connectivity index (χ2v) is 19.5. The van der Waals surface area contributed by atoms with Crippen LogP contribution in [0.5, 0.6) is 0 Å². The molecule has 0 amide bonds. The van der Waals surface area contributed by atoms with Gasteiger partial charge in [-0.25, -0.2) is 0 Å². The van der Waals surface area contributed by atoms with Crippen LogP contribution in [0.4, 0.5) is 0 Å². The van der Waals surface area contributed by atoms with Crippen LogP contribution in [-0.4, -0.2) is 37.2 Å². The summed E-state index contributed by atoms with van der Waals surface area (Å²) >= 11 is 0. The van der Waals surface area contributed by atoms with Crippen LogP contribution in [0.15, 0.2) is 146 Å². The molecular weight excluding hydrogens is 925 g/mol. The fourth-order valence-electron chi connectivity index (χ4n) is 7.82. The van der Waals surface area contributed by atoms with E-state index in [0.29, 0.717) is 19.3 Å². The number of hydrogen-bond acceptors (Lipinski definition) is 6. The van der Waals surface area contributed by atoms with E-state index < -0.39 is 6.10 Å². The first-order valence-corrected chi connectivity index (χ1v) is 30.3. The molecule has 1 unspecified atom stereocenters. The maximum absolute atomic E-state index is 12.9. The van der Waals surface area contributed by atoms with E-state index in [-0.39, 0.29) is 37.5 Å². The third kappa shape index (κ3) is 60.0. The molecule has 0 aliphatic carbocycles. The molecule has 0 saturated carbocycles. The highest BCUT2D eigenvalue weighted by atomic mass is 16.6. The number of rotatable bonds is 53. The van der Waals surface area contributed by atoms with Gasteiger partial charge in [-0.3, -0.25) is 14.4 Å². The molecule has 0 N–H and O–H groups in total. The highest BCUT2D eigenvalue weighted by molar-refractivity contribution is 5.71. The lowest BCUT2D eigenvalue weighted by Crippen LogP contribution is -2.30. The van der Waals surface area contributed by atoms with Crippen molar-refractivity contribution >= 4 is 17.9 Å². The fraction of sp³-hybridized carbons (Fsp3) is 0.609. The Bertz CT molecular complexity index is 1660. The number of carbonyl (C=O) groups is 3. The van der Waals surface area contributed by atoms with Crippen LogP contribution in [0.3, 0.4) is 0 Å². The van der Waals surface area contributed by atoms with Crippen LogP contribution in [0.2, 0.25) is 0 Å². The predicted octanol–water partition coefficient (Wildman–Crippen LogP) is 20.8. The number of ether oxygens (including phenoxy) is 3. The first kappa shape index (κ1) is 70.3. The van der Waals surface area contributed by atoms with Gasteiger partial charge in [0.1, 0.15) is 13.2 Å². The van der Waals surface area contributed by atoms with Gasteiger partial charge in [-0.05, 0) is 141 Å². The normalized spacial score (nSPS) is 13.2. The van der Waals surface area contributed by atoms with Gasteiger partial charge in [-0.15, -0.1) is 0 Å². The summed E-state index contributed by atoms with van der Waals surface area (Å²) in [6.45, 7) is 6.32. The van der Waals surface area contributed by atoms with Gasteiger partial charge in [0.25, 0.3) is 0 Å². The molecular formula is C69H110O6. The average Bonchev–Trinajstić information content (AvgIpc) is 3.41. The lowest BCUT2D eigenvalue weighted by Gasteiger charge is -2.18. The highest BCUT2D eigenvalue weighted by Crippen LogP contribution is 2.14. The number of unbranched alkanes of at least 4 members (excludes halogenated alkanes) is 18. The molecule has 422 valence electrons. The standard InChI is InChI=1S/C69H110O6/c1-4-7-10-13-16-19-22-25-28-29-30-31-32-33-34-35-36-37-38-39-42-44-47-50-53-56-59-62-68(71)74-65-66(75-69(72)63-60-57-54-51-48-45-41-27-24-21-18-15-12-9-6-3)64-73-67(70)61-58-55-52-49-46-43-40-26-23-20-17-14-11-8-5-2/h7,9-10,12,16-21,25-28,30-31,33-34,36-37,40-41,48,51,66H,4-6,8,11,13-15,22-24,29,32,35,38-39,42-47,49-50,52-65H2,1-3H3/b10-7-,12-9-,19-16-,20-17-,21-18-,28-25-,31-30-,34-33-,37-36-,40-26-,41-27-,51-48-. The van der Waals surface area contributed by atoms with Crippen LogP contribution in [0.25, 0.3) is 0 Å². The third-order valence-electron chi connectivity index (χ3n) is 12.3. The van der Waals surface area contributed by atoms with Crippen molar-refractivity contribution in [2.75, 3.05) is 13.2 Å². The smallest absolute Gasteiger partial charge is 0.306 e. The Morgan fingerprint density at radius 3 is 0.840 bits per heavy atom. The molecule has 1 atom stereocenters. The molecule has 0 fully saturated rings. The van der Waals surface area contributed by atoms with Gasteiger partial charge in [0.05, 0.1) is 0 Å². The van der Waals surface area contributed by atoms with E-state index in [1.165, 1.54) is 57.8 Å². The van der Waals surface area contributed by atoms with Gasteiger partial charge in [0, 0.05) is 19.3 Å². The molecule has 75 heavy (non-hydrogen) atoms. The van der Waals surface area contributed by atoms with Crippen LogP contribution < -0.4 is 0 Å². The summed E-state index contributed by atoms with van der Waals surface area (Å²) in [5.41, 5.74) is 0. The fourth-order valence-corrected chi connectivity index (χ4v) is 7.82. The van der Waals surface area contributed by atoms with Crippen molar-refractivity contribution in [1.29, 1.82) is 0 Å². The summed E-state index contributed by atoms with van der Waals surface area (Å²) in [6, 6.07) is 0. The second kappa shape index (κ2) is 61.8. The largest absolute Gasteiger partial charge is 0.462 e. The Morgan fingerprint density at radius 2 is 0.520 bits per heavy atom. The molecule has 0 aromatic rings. The van der Waals surface area contributed by atoms with E-state index in [1.807, 2.05) is 0 Å². The lowest BCUT2D eigenvalue weighted by atomic mass is 10.1. The zero-order valence-corrected chi connectivity index (χ0v) is 48.3. The summed E-state index contributed by atoms with van der Waals surface area (Å²) < 4.78 is 16.8. The van der Waals surface area contributed by atoms with Crippen LogP contribution >= 0.6 is 0 Å². The van der Waals surface area contributed by atoms with Crippen LogP contribution in [0.1, 0.15) is 252 Å². The van der Waals surface area contributed by atoms with E-state index in [0.717, 1.165) is 148 Å². The Balaban J connectivity index is 4.42. The molecule has 0 bridgehead atoms. The third-order valence-corrected chi connectivity index (χ3v) is 12.3. The molecule has 0 radical (unpaired) electrons. The summed E-state index contributed by atoms with van der Waals surface area (Å²) in [6.07, 6.45) is 88.4. The van der Waals surface area contributed by atoms with E-state index >= 15 is 0 Å². The second-order valence-electron chi connectivity index (χ2n) is 19.5. The van der Waals surface area contributed by atoms with E-state index in [9.17, 15) is 14.4 Å². The van der Waals surface area contributed by atoms with Crippen molar-refractivity contribution in [1.82, 2.24) is 0 Å². The first-order valence-electron chi connectivity index (χ1n) is 30.3. The van der Waals surface area contributed by atoms with Crippen molar-refractivity contribution in [2.24, 2.45) is 0 Å². The lowest BCUT2D eigenvalue weighted by molar-refractivity contribution is -0.167. The van der Waals surface area contributed by atoms with E-state index in [1.54, 1.807) is 0 Å². The van der Waals surface area contributed by atoms with Gasteiger partial charge in [-0.1, -0.05) is 237 Å².